The summed E-state index contributed by atoms with van der Waals surface area (Å²) in [5, 5.41) is 34.5. The van der Waals surface area contributed by atoms with Gasteiger partial charge in [-0.2, -0.15) is 0 Å². The Morgan fingerprint density at radius 1 is 0.821 bits per heavy atom. The third-order valence-corrected chi connectivity index (χ3v) is 5.53. The number of benzene rings is 1. The zero-order valence-corrected chi connectivity index (χ0v) is 20.7. The highest BCUT2D eigenvalue weighted by Crippen LogP contribution is 2.07. The lowest BCUT2D eigenvalue weighted by molar-refractivity contribution is -0.143. The fourth-order valence-corrected chi connectivity index (χ4v) is 3.49. The first kappa shape index (κ1) is 30.4. The van der Waals surface area contributed by atoms with Crippen LogP contribution >= 0.6 is 0 Å². The van der Waals surface area contributed by atoms with Gasteiger partial charge in [0.2, 0.25) is 17.7 Å². The molecule has 0 saturated heterocycles. The van der Waals surface area contributed by atoms with Gasteiger partial charge in [-0.15, -0.1) is 0 Å². The monoisotopic (exact) mass is 546 g/mol. The Morgan fingerprint density at radius 2 is 1.44 bits per heavy atom. The van der Waals surface area contributed by atoms with E-state index < -0.39 is 72.6 Å². The molecule has 1 aromatic carbocycles. The van der Waals surface area contributed by atoms with Gasteiger partial charge in [-0.1, -0.05) is 30.3 Å². The van der Waals surface area contributed by atoms with Crippen LogP contribution in [0, 0.1) is 0 Å². The summed E-state index contributed by atoms with van der Waals surface area (Å²) < 4.78 is 0. The second-order valence-electron chi connectivity index (χ2n) is 8.63. The standard InChI is InChI=1S/C24H30N6O9/c25-15(6-7-19(31)32)21(35)28-17(10-20(33)34)23(37)29-16(9-14-11-26-12-27-14)22(36)30-18(24(38)39)8-13-4-2-1-3-5-13/h1-5,11-12,15-18H,6-10,25H2,(H,26,27)(H,28,35)(H,29,37)(H,30,36)(H,31,32)(H,33,34)(H,38,39). The number of nitrogens with two attached hydrogens (primary N) is 1. The highest BCUT2D eigenvalue weighted by atomic mass is 16.4. The van der Waals surface area contributed by atoms with E-state index in [1.54, 1.807) is 30.3 Å². The average Bonchev–Trinajstić information content (AvgIpc) is 3.39. The van der Waals surface area contributed by atoms with Crippen molar-refractivity contribution in [3.63, 3.8) is 0 Å². The third kappa shape index (κ3) is 10.6. The van der Waals surface area contributed by atoms with Gasteiger partial charge in [-0.25, -0.2) is 9.78 Å². The number of rotatable bonds is 16. The summed E-state index contributed by atoms with van der Waals surface area (Å²) in [6.07, 6.45) is 0.944. The molecule has 0 saturated carbocycles. The molecule has 3 amide bonds. The van der Waals surface area contributed by atoms with Crippen molar-refractivity contribution in [3.05, 3.63) is 54.1 Å². The zero-order chi connectivity index (χ0) is 28.9. The van der Waals surface area contributed by atoms with Crippen molar-refractivity contribution in [1.82, 2.24) is 25.9 Å². The van der Waals surface area contributed by atoms with Gasteiger partial charge >= 0.3 is 17.9 Å². The van der Waals surface area contributed by atoms with E-state index in [4.69, 9.17) is 10.8 Å². The van der Waals surface area contributed by atoms with Crippen molar-refractivity contribution >= 4 is 35.6 Å². The van der Waals surface area contributed by atoms with E-state index in [2.05, 4.69) is 25.9 Å². The quantitative estimate of drug-likeness (QED) is 0.119. The van der Waals surface area contributed by atoms with Crippen molar-refractivity contribution in [2.75, 3.05) is 0 Å². The number of carbonyl (C=O) groups excluding carboxylic acids is 3. The Kier molecular flexibility index (Phi) is 11.6. The zero-order valence-electron chi connectivity index (χ0n) is 20.7. The molecule has 15 nitrogen and oxygen atoms in total. The second kappa shape index (κ2) is 14.8. The van der Waals surface area contributed by atoms with Crippen molar-refractivity contribution in [2.45, 2.75) is 56.3 Å². The number of nitrogens with zero attached hydrogens (tertiary/aromatic N) is 1. The first-order valence-electron chi connectivity index (χ1n) is 11.8. The maximum absolute atomic E-state index is 13.1. The molecular formula is C24H30N6O9. The van der Waals surface area contributed by atoms with Gasteiger partial charge in [0.15, 0.2) is 0 Å². The van der Waals surface area contributed by atoms with Crippen molar-refractivity contribution in [3.8, 4) is 0 Å². The molecule has 39 heavy (non-hydrogen) atoms. The van der Waals surface area contributed by atoms with Gasteiger partial charge in [0.1, 0.15) is 18.1 Å². The molecule has 0 aliphatic heterocycles. The van der Waals surface area contributed by atoms with Crippen molar-refractivity contribution in [1.29, 1.82) is 0 Å². The summed E-state index contributed by atoms with van der Waals surface area (Å²) in [7, 11) is 0. The summed E-state index contributed by atoms with van der Waals surface area (Å²) in [6, 6.07) is 2.82. The number of hydrogen-bond donors (Lipinski definition) is 8. The van der Waals surface area contributed by atoms with Crippen LogP contribution in [0.4, 0.5) is 0 Å². The Balaban J connectivity index is 2.19. The van der Waals surface area contributed by atoms with Gasteiger partial charge in [0, 0.05) is 31.2 Å². The molecule has 210 valence electrons. The lowest BCUT2D eigenvalue weighted by Crippen LogP contribution is -2.58. The Hall–Kier alpha value is -4.79. The van der Waals surface area contributed by atoms with Gasteiger partial charge in [0.05, 0.1) is 18.8 Å². The van der Waals surface area contributed by atoms with Crippen LogP contribution in [0.25, 0.3) is 0 Å². The molecule has 1 aromatic heterocycles. The first-order valence-corrected chi connectivity index (χ1v) is 11.8. The van der Waals surface area contributed by atoms with Gasteiger partial charge < -0.3 is 42.0 Å². The SMILES string of the molecule is NC(CCC(=O)O)C(=O)NC(CC(=O)O)C(=O)NC(Cc1cnc[nH]1)C(=O)NC(Cc1ccccc1)C(=O)O. The van der Waals surface area contributed by atoms with Crippen LogP contribution in [-0.2, 0) is 41.6 Å². The maximum atomic E-state index is 13.1. The number of hydrogen-bond acceptors (Lipinski definition) is 8. The number of aliphatic carboxylic acids is 3. The average molecular weight is 547 g/mol. The summed E-state index contributed by atoms with van der Waals surface area (Å²) in [5.74, 6) is -6.84. The molecule has 0 aliphatic carbocycles. The number of aromatic amines is 1. The molecule has 0 aliphatic rings. The Morgan fingerprint density at radius 3 is 2.00 bits per heavy atom. The van der Waals surface area contributed by atoms with E-state index in [1.807, 2.05) is 0 Å². The van der Waals surface area contributed by atoms with Crippen LogP contribution in [0.2, 0.25) is 0 Å². The normalized spacial score (nSPS) is 13.8. The van der Waals surface area contributed by atoms with E-state index in [1.165, 1.54) is 12.5 Å². The summed E-state index contributed by atoms with van der Waals surface area (Å²) in [5.41, 5.74) is 6.69. The third-order valence-electron chi connectivity index (χ3n) is 5.53. The molecule has 4 unspecified atom stereocenters. The second-order valence-corrected chi connectivity index (χ2v) is 8.63. The van der Waals surface area contributed by atoms with Gasteiger partial charge in [-0.3, -0.25) is 24.0 Å². The number of carboxylic acids is 3. The minimum Gasteiger partial charge on any atom is -0.481 e. The molecule has 0 spiro atoms. The highest BCUT2D eigenvalue weighted by Gasteiger charge is 2.32. The minimum atomic E-state index is -1.66. The summed E-state index contributed by atoms with van der Waals surface area (Å²) in [6.45, 7) is 0. The fourth-order valence-electron chi connectivity index (χ4n) is 3.49. The molecule has 0 bridgehead atoms. The molecule has 15 heteroatoms. The number of H-pyrrole nitrogens is 1. The number of aromatic nitrogens is 2. The molecular weight excluding hydrogens is 516 g/mol. The molecule has 1 heterocycles. The number of imidazole rings is 1. The number of amides is 3. The van der Waals surface area contributed by atoms with Crippen molar-refractivity contribution < 1.29 is 44.1 Å². The van der Waals surface area contributed by atoms with Gasteiger partial charge in [-0.05, 0) is 12.0 Å². The molecule has 0 radical (unpaired) electrons. The predicted octanol–water partition coefficient (Wildman–Crippen LogP) is -1.60. The molecule has 0 fully saturated rings. The Labute approximate surface area is 222 Å². The van der Waals surface area contributed by atoms with Gasteiger partial charge in [0.25, 0.3) is 0 Å². The molecule has 4 atom stereocenters. The van der Waals surface area contributed by atoms with Crippen LogP contribution in [0.1, 0.15) is 30.5 Å². The lowest BCUT2D eigenvalue weighted by atomic mass is 10.0. The number of carbonyl (C=O) groups is 6. The topological polar surface area (TPSA) is 254 Å². The van der Waals surface area contributed by atoms with Crippen LogP contribution < -0.4 is 21.7 Å². The summed E-state index contributed by atoms with van der Waals surface area (Å²) in [4.78, 5) is 79.0. The van der Waals surface area contributed by atoms with E-state index in [0.29, 0.717) is 11.3 Å². The van der Waals surface area contributed by atoms with Crippen LogP contribution in [0.15, 0.2) is 42.9 Å². The molecule has 2 rings (SSSR count). The first-order chi connectivity index (χ1) is 18.5. The van der Waals surface area contributed by atoms with E-state index in [-0.39, 0.29) is 19.3 Å². The summed E-state index contributed by atoms with van der Waals surface area (Å²) >= 11 is 0. The fraction of sp³-hybridized carbons (Fsp3) is 0.375. The number of nitrogens with one attached hydrogen (secondary N) is 4. The predicted molar refractivity (Wildman–Crippen MR) is 133 cm³/mol. The van der Waals surface area contributed by atoms with E-state index in [9.17, 15) is 39.0 Å². The van der Waals surface area contributed by atoms with Crippen molar-refractivity contribution in [2.24, 2.45) is 5.73 Å². The Bertz CT molecular complexity index is 1160. The maximum Gasteiger partial charge on any atom is 0.326 e. The largest absolute Gasteiger partial charge is 0.481 e. The molecule has 9 N–H and O–H groups in total. The minimum absolute atomic E-state index is 0.0431. The van der Waals surface area contributed by atoms with E-state index in [0.717, 1.165) is 0 Å². The van der Waals surface area contributed by atoms with Crippen LogP contribution in [0.5, 0.6) is 0 Å². The van der Waals surface area contributed by atoms with Crippen LogP contribution in [-0.4, -0.2) is 85.1 Å². The highest BCUT2D eigenvalue weighted by molar-refractivity contribution is 5.95. The van der Waals surface area contributed by atoms with Crippen LogP contribution in [0.3, 0.4) is 0 Å². The van der Waals surface area contributed by atoms with E-state index >= 15 is 0 Å². The smallest absolute Gasteiger partial charge is 0.326 e. The lowest BCUT2D eigenvalue weighted by Gasteiger charge is -2.24. The molecule has 2 aromatic rings. The number of carboxylic acid groups (broad SMARTS) is 3.